The molecule has 0 unspecified atom stereocenters. The maximum absolute atomic E-state index is 10.9. The van der Waals surface area contributed by atoms with Gasteiger partial charge in [-0.3, -0.25) is 0 Å². The highest BCUT2D eigenvalue weighted by Crippen LogP contribution is 2.31. The van der Waals surface area contributed by atoms with Crippen molar-refractivity contribution >= 4 is 5.97 Å². The number of carboxylic acids is 1. The minimum absolute atomic E-state index is 0.346. The maximum Gasteiger partial charge on any atom is 0.335 e. The Balaban J connectivity index is 2.35. The fourth-order valence-corrected chi connectivity index (χ4v) is 1.47. The van der Waals surface area contributed by atoms with Crippen molar-refractivity contribution < 1.29 is 9.90 Å². The molecular weight excluding hydrogens is 176 g/mol. The Morgan fingerprint density at radius 2 is 1.71 bits per heavy atom. The van der Waals surface area contributed by atoms with E-state index in [4.69, 9.17) is 5.11 Å². The Bertz CT molecular complexity index is 338. The predicted molar refractivity (Wildman–Crippen MR) is 52.9 cm³/mol. The minimum atomic E-state index is -0.887. The Labute approximate surface area is 83.6 Å². The molecule has 0 aliphatic heterocycles. The summed E-state index contributed by atoms with van der Waals surface area (Å²) < 4.78 is 0. The predicted octanol–water partition coefficient (Wildman–Crippen LogP) is 2.14. The summed E-state index contributed by atoms with van der Waals surface area (Å²) in [5.74, 6) is 0.0600. The first-order valence-corrected chi connectivity index (χ1v) is 4.33. The largest absolute Gasteiger partial charge is 0.478 e. The van der Waals surface area contributed by atoms with E-state index in [2.05, 4.69) is 0 Å². The lowest BCUT2D eigenvalue weighted by Gasteiger charge is -2.10. The van der Waals surface area contributed by atoms with Crippen molar-refractivity contribution in [3.8, 4) is 0 Å². The Morgan fingerprint density at radius 3 is 2.36 bits per heavy atom. The van der Waals surface area contributed by atoms with E-state index in [-0.39, 0.29) is 0 Å². The third kappa shape index (κ3) is 1.65. The molecule has 5 radical (unpaired) electrons. The average Bonchev–Trinajstić information content (AvgIpc) is 2.70. The van der Waals surface area contributed by atoms with Crippen LogP contribution < -0.4 is 0 Å². The second-order valence-electron chi connectivity index (χ2n) is 3.02. The lowest BCUT2D eigenvalue weighted by molar-refractivity contribution is 0.0696. The van der Waals surface area contributed by atoms with Gasteiger partial charge in [0.25, 0.3) is 0 Å². The van der Waals surface area contributed by atoms with Crippen LogP contribution in [0.1, 0.15) is 15.9 Å². The number of benzene rings is 1. The van der Waals surface area contributed by atoms with Crippen LogP contribution in [0.5, 0.6) is 0 Å². The summed E-state index contributed by atoms with van der Waals surface area (Å²) in [7, 11) is 0. The van der Waals surface area contributed by atoms with E-state index in [9.17, 15) is 4.79 Å². The molecule has 0 saturated heterocycles. The van der Waals surface area contributed by atoms with E-state index in [1.54, 1.807) is 12.1 Å². The van der Waals surface area contributed by atoms with Gasteiger partial charge in [-0.2, -0.15) is 0 Å². The van der Waals surface area contributed by atoms with Gasteiger partial charge in [-0.05, 0) is 37.3 Å². The summed E-state index contributed by atoms with van der Waals surface area (Å²) in [5.41, 5.74) is 1.11. The van der Waals surface area contributed by atoms with Gasteiger partial charge in [0.2, 0.25) is 0 Å². The number of hydrogen-bond acceptors (Lipinski definition) is 1. The first-order valence-electron chi connectivity index (χ1n) is 4.33. The van der Waals surface area contributed by atoms with Gasteiger partial charge in [0.05, 0.1) is 5.56 Å². The van der Waals surface area contributed by atoms with Crippen molar-refractivity contribution in [1.82, 2.24) is 0 Å². The molecule has 1 fully saturated rings. The van der Waals surface area contributed by atoms with Crippen molar-refractivity contribution in [2.45, 2.75) is 0 Å². The molecule has 1 saturated carbocycles. The number of hydrogen-bond donors (Lipinski definition) is 1. The fourth-order valence-electron chi connectivity index (χ4n) is 1.47. The van der Waals surface area contributed by atoms with Crippen molar-refractivity contribution in [1.29, 1.82) is 0 Å². The third-order valence-electron chi connectivity index (χ3n) is 2.13. The van der Waals surface area contributed by atoms with E-state index in [0.717, 1.165) is 11.5 Å². The normalized spacial score (nSPS) is 17.1. The summed E-state index contributed by atoms with van der Waals surface area (Å²) in [4.78, 5) is 10.9. The zero-order valence-electron chi connectivity index (χ0n) is 7.47. The van der Waals surface area contributed by atoms with Gasteiger partial charge in [0, 0.05) is 5.92 Å². The lowest BCUT2D eigenvalue weighted by Crippen LogP contribution is -2.05. The van der Waals surface area contributed by atoms with Crippen LogP contribution in [0.4, 0.5) is 0 Å². The van der Waals surface area contributed by atoms with Gasteiger partial charge < -0.3 is 5.11 Å². The molecule has 1 aliphatic rings. The molecule has 2 rings (SSSR count). The molecule has 0 amide bonds. The van der Waals surface area contributed by atoms with Crippen LogP contribution in [-0.2, 0) is 0 Å². The summed E-state index contributed by atoms with van der Waals surface area (Å²) in [6.45, 7) is 0. The van der Waals surface area contributed by atoms with E-state index < -0.39 is 5.97 Å². The van der Waals surface area contributed by atoms with Crippen LogP contribution in [-0.4, -0.2) is 11.1 Å². The standard InChI is InChI=1S/C12H9O2/c13-12(14)11-8-4-3-7-10(11)9-5-1-2-6-9/h1-8H,(H,13,14). The van der Waals surface area contributed by atoms with Crippen molar-refractivity contribution in [3.05, 3.63) is 67.0 Å². The molecule has 0 heterocycles. The summed E-state index contributed by atoms with van der Waals surface area (Å²) in [6, 6.07) is 7.01. The molecular formula is C12H9O2. The Kier molecular flexibility index (Phi) is 2.53. The number of aromatic carboxylic acids is 1. The van der Waals surface area contributed by atoms with Crippen LogP contribution in [0.2, 0.25) is 0 Å². The summed E-state index contributed by atoms with van der Waals surface area (Å²) >= 11 is 0. The molecule has 0 aromatic heterocycles. The van der Waals surface area contributed by atoms with Crippen molar-refractivity contribution in [2.24, 2.45) is 0 Å². The van der Waals surface area contributed by atoms with Gasteiger partial charge in [0.15, 0.2) is 0 Å². The number of carboxylic acid groups (broad SMARTS) is 1. The van der Waals surface area contributed by atoms with Crippen LogP contribution in [0.25, 0.3) is 0 Å². The fraction of sp³-hybridized carbons (Fsp3) is 0. The Hall–Kier alpha value is -1.31. The molecule has 1 aromatic rings. The average molecular weight is 185 g/mol. The highest BCUT2D eigenvalue weighted by Gasteiger charge is 2.23. The Morgan fingerprint density at radius 1 is 1.07 bits per heavy atom. The van der Waals surface area contributed by atoms with Crippen LogP contribution in [0.3, 0.4) is 0 Å². The van der Waals surface area contributed by atoms with Gasteiger partial charge in [-0.15, -0.1) is 0 Å². The van der Waals surface area contributed by atoms with E-state index in [1.165, 1.54) is 0 Å². The first kappa shape index (κ1) is 9.25. The second kappa shape index (κ2) is 3.82. The monoisotopic (exact) mass is 185 g/mol. The maximum atomic E-state index is 10.9. The first-order chi connectivity index (χ1) is 6.79. The molecule has 1 aliphatic carbocycles. The smallest absolute Gasteiger partial charge is 0.335 e. The van der Waals surface area contributed by atoms with Crippen molar-refractivity contribution in [3.63, 3.8) is 0 Å². The van der Waals surface area contributed by atoms with E-state index in [1.807, 2.05) is 37.8 Å². The van der Waals surface area contributed by atoms with Crippen LogP contribution in [0, 0.1) is 31.6 Å². The molecule has 69 valence electrons. The molecule has 2 heteroatoms. The summed E-state index contributed by atoms with van der Waals surface area (Å²) in [6.07, 6.45) is 7.60. The van der Waals surface area contributed by atoms with Gasteiger partial charge in [0.1, 0.15) is 0 Å². The van der Waals surface area contributed by atoms with E-state index >= 15 is 0 Å². The van der Waals surface area contributed by atoms with Gasteiger partial charge in [-0.25, -0.2) is 4.79 Å². The number of carbonyl (C=O) groups is 1. The second-order valence-corrected chi connectivity index (χ2v) is 3.02. The molecule has 0 atom stereocenters. The van der Waals surface area contributed by atoms with Gasteiger partial charge >= 0.3 is 5.97 Å². The molecule has 1 N–H and O–H groups in total. The van der Waals surface area contributed by atoms with Gasteiger partial charge in [-0.1, -0.05) is 18.2 Å². The summed E-state index contributed by atoms with van der Waals surface area (Å²) in [5, 5.41) is 8.96. The third-order valence-corrected chi connectivity index (χ3v) is 2.13. The highest BCUT2D eigenvalue weighted by molar-refractivity contribution is 5.91. The molecule has 0 spiro atoms. The molecule has 14 heavy (non-hydrogen) atoms. The zero-order valence-corrected chi connectivity index (χ0v) is 7.47. The highest BCUT2D eigenvalue weighted by atomic mass is 16.4. The number of rotatable bonds is 2. The lowest BCUT2D eigenvalue weighted by atomic mass is 9.93. The van der Waals surface area contributed by atoms with Crippen LogP contribution >= 0.6 is 0 Å². The quantitative estimate of drug-likeness (QED) is 0.766. The zero-order chi connectivity index (χ0) is 9.97. The SMILES string of the molecule is O=C(O)c1ccccc1[C]1[CH][CH][CH][CH]1. The minimum Gasteiger partial charge on any atom is -0.478 e. The van der Waals surface area contributed by atoms with Crippen LogP contribution in [0.15, 0.2) is 24.3 Å². The molecule has 0 bridgehead atoms. The topological polar surface area (TPSA) is 37.3 Å². The molecule has 1 aromatic carbocycles. The van der Waals surface area contributed by atoms with Crippen molar-refractivity contribution in [2.75, 3.05) is 0 Å². The molecule has 2 nitrogen and oxygen atoms in total. The van der Waals surface area contributed by atoms with E-state index in [0.29, 0.717) is 5.56 Å².